The summed E-state index contributed by atoms with van der Waals surface area (Å²) >= 11 is 0. The zero-order chi connectivity index (χ0) is 18.9. The number of carbonyl (C=O) groups excluding carboxylic acids is 2. The predicted molar refractivity (Wildman–Crippen MR) is 106 cm³/mol. The average molecular weight is 358 g/mol. The molecule has 0 fully saturated rings. The van der Waals surface area contributed by atoms with E-state index in [1.807, 2.05) is 91.0 Å². The molecule has 4 nitrogen and oxygen atoms in total. The average Bonchev–Trinajstić information content (AvgIpc) is 2.74. The molecule has 3 aromatic rings. The number of carbonyl (C=O) groups is 2. The van der Waals surface area contributed by atoms with Gasteiger partial charge in [0.05, 0.1) is 6.04 Å². The number of hydrogen-bond acceptors (Lipinski definition) is 2. The van der Waals surface area contributed by atoms with Gasteiger partial charge in [-0.3, -0.25) is 9.59 Å². The molecular formula is C23H22N2O2. The monoisotopic (exact) mass is 358 g/mol. The van der Waals surface area contributed by atoms with Gasteiger partial charge in [-0.2, -0.15) is 0 Å². The molecule has 4 heteroatoms. The van der Waals surface area contributed by atoms with E-state index in [0.717, 1.165) is 16.7 Å². The van der Waals surface area contributed by atoms with Gasteiger partial charge >= 0.3 is 11.8 Å². The summed E-state index contributed by atoms with van der Waals surface area (Å²) in [6.45, 7) is 0.414. The first-order valence-corrected chi connectivity index (χ1v) is 8.96. The summed E-state index contributed by atoms with van der Waals surface area (Å²) < 4.78 is 0. The van der Waals surface area contributed by atoms with E-state index in [1.165, 1.54) is 0 Å². The fourth-order valence-corrected chi connectivity index (χ4v) is 2.89. The predicted octanol–water partition coefficient (Wildman–Crippen LogP) is 3.25. The van der Waals surface area contributed by atoms with Gasteiger partial charge in [-0.15, -0.1) is 0 Å². The van der Waals surface area contributed by atoms with Crippen molar-refractivity contribution in [2.45, 2.75) is 12.5 Å². The Morgan fingerprint density at radius 2 is 1.15 bits per heavy atom. The van der Waals surface area contributed by atoms with E-state index in [1.54, 1.807) is 0 Å². The summed E-state index contributed by atoms with van der Waals surface area (Å²) in [5.41, 5.74) is 2.97. The lowest BCUT2D eigenvalue weighted by atomic mass is 9.99. The molecule has 0 saturated heterocycles. The summed E-state index contributed by atoms with van der Waals surface area (Å²) in [5, 5.41) is 5.54. The van der Waals surface area contributed by atoms with E-state index in [2.05, 4.69) is 10.6 Å². The molecule has 0 spiro atoms. The van der Waals surface area contributed by atoms with Crippen LogP contribution >= 0.6 is 0 Å². The lowest BCUT2D eigenvalue weighted by Crippen LogP contribution is -2.42. The van der Waals surface area contributed by atoms with Gasteiger partial charge in [0.15, 0.2) is 0 Å². The molecule has 3 rings (SSSR count). The Morgan fingerprint density at radius 1 is 0.667 bits per heavy atom. The molecule has 0 unspecified atom stereocenters. The molecule has 0 atom stereocenters. The second-order valence-corrected chi connectivity index (χ2v) is 6.22. The third-order valence-corrected chi connectivity index (χ3v) is 4.29. The number of amides is 2. The molecule has 136 valence electrons. The van der Waals surface area contributed by atoms with Crippen molar-refractivity contribution in [2.24, 2.45) is 0 Å². The highest BCUT2D eigenvalue weighted by molar-refractivity contribution is 6.35. The SMILES string of the molecule is O=C(NCCc1ccccc1)C(=O)NC(c1ccccc1)c1ccccc1. The highest BCUT2D eigenvalue weighted by Gasteiger charge is 2.20. The van der Waals surface area contributed by atoms with Crippen LogP contribution in [0.5, 0.6) is 0 Å². The number of hydrogen-bond donors (Lipinski definition) is 2. The van der Waals surface area contributed by atoms with Crippen molar-refractivity contribution in [3.63, 3.8) is 0 Å². The Balaban J connectivity index is 1.63. The lowest BCUT2D eigenvalue weighted by Gasteiger charge is -2.19. The first-order valence-electron chi connectivity index (χ1n) is 8.96. The molecule has 0 radical (unpaired) electrons. The van der Waals surface area contributed by atoms with Gasteiger partial charge < -0.3 is 10.6 Å². The maximum absolute atomic E-state index is 12.4. The van der Waals surface area contributed by atoms with Gasteiger partial charge in [-0.1, -0.05) is 91.0 Å². The van der Waals surface area contributed by atoms with Gasteiger partial charge in [-0.05, 0) is 23.1 Å². The largest absolute Gasteiger partial charge is 0.348 e. The molecule has 2 amide bonds. The van der Waals surface area contributed by atoms with Crippen molar-refractivity contribution in [3.8, 4) is 0 Å². The summed E-state index contributed by atoms with van der Waals surface area (Å²) in [4.78, 5) is 24.6. The third-order valence-electron chi connectivity index (χ3n) is 4.29. The van der Waals surface area contributed by atoms with Crippen molar-refractivity contribution < 1.29 is 9.59 Å². The van der Waals surface area contributed by atoms with Crippen LogP contribution in [0.4, 0.5) is 0 Å². The molecule has 27 heavy (non-hydrogen) atoms. The molecule has 0 aliphatic carbocycles. The van der Waals surface area contributed by atoms with Crippen LogP contribution in [0.25, 0.3) is 0 Å². The molecule has 0 aromatic heterocycles. The number of rotatable bonds is 6. The van der Waals surface area contributed by atoms with Crippen molar-refractivity contribution in [2.75, 3.05) is 6.54 Å². The van der Waals surface area contributed by atoms with Crippen LogP contribution in [-0.2, 0) is 16.0 Å². The summed E-state index contributed by atoms with van der Waals surface area (Å²) in [6, 6.07) is 28.7. The van der Waals surface area contributed by atoms with Crippen LogP contribution in [0.1, 0.15) is 22.7 Å². The fourth-order valence-electron chi connectivity index (χ4n) is 2.89. The normalized spacial score (nSPS) is 10.4. The highest BCUT2D eigenvalue weighted by Crippen LogP contribution is 2.21. The summed E-state index contributed by atoms with van der Waals surface area (Å²) in [7, 11) is 0. The Bertz CT molecular complexity index is 825. The molecule has 0 aliphatic rings. The van der Waals surface area contributed by atoms with E-state index in [4.69, 9.17) is 0 Å². The lowest BCUT2D eigenvalue weighted by molar-refractivity contribution is -0.139. The van der Waals surface area contributed by atoms with E-state index < -0.39 is 11.8 Å². The zero-order valence-corrected chi connectivity index (χ0v) is 15.0. The Labute approximate surface area is 159 Å². The fraction of sp³-hybridized carbons (Fsp3) is 0.130. The molecular weight excluding hydrogens is 336 g/mol. The minimum atomic E-state index is -0.638. The number of benzene rings is 3. The van der Waals surface area contributed by atoms with E-state index >= 15 is 0 Å². The minimum Gasteiger partial charge on any atom is -0.348 e. The quantitative estimate of drug-likeness (QED) is 0.665. The van der Waals surface area contributed by atoms with Crippen LogP contribution in [-0.4, -0.2) is 18.4 Å². The van der Waals surface area contributed by atoms with E-state index in [-0.39, 0.29) is 6.04 Å². The van der Waals surface area contributed by atoms with Gasteiger partial charge in [0, 0.05) is 6.54 Å². The van der Waals surface area contributed by atoms with Crippen LogP contribution in [0, 0.1) is 0 Å². The van der Waals surface area contributed by atoms with Crippen molar-refractivity contribution in [1.82, 2.24) is 10.6 Å². The maximum Gasteiger partial charge on any atom is 0.310 e. The molecule has 0 heterocycles. The van der Waals surface area contributed by atoms with Crippen LogP contribution < -0.4 is 10.6 Å². The second-order valence-electron chi connectivity index (χ2n) is 6.22. The number of nitrogens with one attached hydrogen (secondary N) is 2. The Morgan fingerprint density at radius 3 is 1.67 bits per heavy atom. The van der Waals surface area contributed by atoms with Gasteiger partial charge in [0.1, 0.15) is 0 Å². The van der Waals surface area contributed by atoms with Crippen molar-refractivity contribution in [1.29, 1.82) is 0 Å². The standard InChI is InChI=1S/C23H22N2O2/c26-22(24-17-16-18-10-4-1-5-11-18)23(27)25-21(19-12-6-2-7-13-19)20-14-8-3-9-15-20/h1-15,21H,16-17H2,(H,24,26)(H,25,27). The van der Waals surface area contributed by atoms with Crippen LogP contribution in [0.15, 0.2) is 91.0 Å². The second kappa shape index (κ2) is 9.34. The van der Waals surface area contributed by atoms with Crippen LogP contribution in [0.2, 0.25) is 0 Å². The van der Waals surface area contributed by atoms with Gasteiger partial charge in [0.2, 0.25) is 0 Å². The minimum absolute atomic E-state index is 0.375. The highest BCUT2D eigenvalue weighted by atomic mass is 16.2. The maximum atomic E-state index is 12.4. The van der Waals surface area contributed by atoms with Gasteiger partial charge in [0.25, 0.3) is 0 Å². The summed E-state index contributed by atoms with van der Waals surface area (Å²) in [5.74, 6) is -1.26. The molecule has 0 bridgehead atoms. The molecule has 0 aliphatic heterocycles. The third kappa shape index (κ3) is 5.28. The van der Waals surface area contributed by atoms with Gasteiger partial charge in [-0.25, -0.2) is 0 Å². The van der Waals surface area contributed by atoms with Crippen molar-refractivity contribution >= 4 is 11.8 Å². The molecule has 2 N–H and O–H groups in total. The summed E-state index contributed by atoms with van der Waals surface area (Å²) in [6.07, 6.45) is 0.681. The zero-order valence-electron chi connectivity index (χ0n) is 15.0. The molecule has 0 saturated carbocycles. The molecule has 3 aromatic carbocycles. The van der Waals surface area contributed by atoms with E-state index in [9.17, 15) is 9.59 Å². The Hall–Kier alpha value is -3.40. The first-order chi connectivity index (χ1) is 13.2. The topological polar surface area (TPSA) is 58.2 Å². The smallest absolute Gasteiger partial charge is 0.310 e. The Kier molecular flexibility index (Phi) is 6.36. The van der Waals surface area contributed by atoms with Crippen molar-refractivity contribution in [3.05, 3.63) is 108 Å². The first kappa shape index (κ1) is 18.4. The van der Waals surface area contributed by atoms with E-state index in [0.29, 0.717) is 13.0 Å². The van der Waals surface area contributed by atoms with Crippen LogP contribution in [0.3, 0.4) is 0 Å².